The quantitative estimate of drug-likeness (QED) is 0.676. The zero-order valence-corrected chi connectivity index (χ0v) is 7.77. The van der Waals surface area contributed by atoms with Crippen molar-refractivity contribution >= 4 is 5.69 Å². The summed E-state index contributed by atoms with van der Waals surface area (Å²) in [5.41, 5.74) is 7.70. The Labute approximate surface area is 78.4 Å². The van der Waals surface area contributed by atoms with Gasteiger partial charge in [0.1, 0.15) is 0 Å². The smallest absolute Gasteiger partial charge is 0.0546 e. The first-order chi connectivity index (χ1) is 6.18. The summed E-state index contributed by atoms with van der Waals surface area (Å²) in [4.78, 5) is 0. The van der Waals surface area contributed by atoms with E-state index in [2.05, 4.69) is 12.1 Å². The summed E-state index contributed by atoms with van der Waals surface area (Å²) >= 11 is 0. The molecular formula is C11H15NO. The molecular weight excluding hydrogens is 162 g/mol. The van der Waals surface area contributed by atoms with Crippen molar-refractivity contribution in [3.8, 4) is 0 Å². The molecule has 0 aromatic heterocycles. The van der Waals surface area contributed by atoms with Gasteiger partial charge < -0.3 is 10.8 Å². The van der Waals surface area contributed by atoms with Gasteiger partial charge in [-0.15, -0.1) is 0 Å². The number of hydrogen-bond donors (Lipinski definition) is 2. The Morgan fingerprint density at radius 3 is 2.46 bits per heavy atom. The van der Waals surface area contributed by atoms with Crippen molar-refractivity contribution in [1.82, 2.24) is 0 Å². The Bertz CT molecular complexity index is 291. The number of hydrogen-bond acceptors (Lipinski definition) is 2. The van der Waals surface area contributed by atoms with E-state index in [-0.39, 0.29) is 6.10 Å². The number of aliphatic hydroxyl groups excluding tert-OH is 1. The van der Waals surface area contributed by atoms with Gasteiger partial charge in [0.2, 0.25) is 0 Å². The Morgan fingerprint density at radius 2 is 2.00 bits per heavy atom. The lowest BCUT2D eigenvalue weighted by molar-refractivity contribution is 0.169. The van der Waals surface area contributed by atoms with Crippen LogP contribution in [0.2, 0.25) is 0 Å². The third-order valence-corrected chi connectivity index (χ3v) is 2.82. The molecule has 1 aliphatic rings. The Hall–Kier alpha value is -1.02. The number of nitrogen functional groups attached to an aromatic ring is 1. The van der Waals surface area contributed by atoms with E-state index in [1.54, 1.807) is 0 Å². The molecule has 3 atom stereocenters. The van der Waals surface area contributed by atoms with E-state index in [4.69, 9.17) is 5.73 Å². The molecule has 0 bridgehead atoms. The fourth-order valence-corrected chi connectivity index (χ4v) is 1.87. The van der Waals surface area contributed by atoms with E-state index in [0.29, 0.717) is 11.8 Å². The van der Waals surface area contributed by atoms with Crippen LogP contribution in [0.25, 0.3) is 0 Å². The first-order valence-electron chi connectivity index (χ1n) is 4.72. The highest BCUT2D eigenvalue weighted by molar-refractivity contribution is 5.41. The van der Waals surface area contributed by atoms with E-state index in [1.165, 1.54) is 5.56 Å². The summed E-state index contributed by atoms with van der Waals surface area (Å²) in [5.74, 6) is 1.02. The molecule has 2 heteroatoms. The highest BCUT2D eigenvalue weighted by Gasteiger charge is 2.41. The standard InChI is InChI=1S/C11H15NO/c1-7(13)10-6-11(10)8-2-4-9(12)5-3-8/h2-5,7,10-11,13H,6,12H2,1H3/t7-,10-,11-/m0/s1. The van der Waals surface area contributed by atoms with E-state index in [9.17, 15) is 5.11 Å². The highest BCUT2D eigenvalue weighted by Crippen LogP contribution is 2.49. The van der Waals surface area contributed by atoms with Crippen LogP contribution in [0.4, 0.5) is 5.69 Å². The Balaban J connectivity index is 2.08. The summed E-state index contributed by atoms with van der Waals surface area (Å²) in [5, 5.41) is 9.35. The van der Waals surface area contributed by atoms with Crippen LogP contribution in [0.3, 0.4) is 0 Å². The van der Waals surface area contributed by atoms with Crippen molar-refractivity contribution in [1.29, 1.82) is 0 Å². The lowest BCUT2D eigenvalue weighted by Crippen LogP contribution is -2.03. The molecule has 0 spiro atoms. The van der Waals surface area contributed by atoms with Gasteiger partial charge in [0.25, 0.3) is 0 Å². The van der Waals surface area contributed by atoms with Crippen LogP contribution in [0.5, 0.6) is 0 Å². The molecule has 3 N–H and O–H groups in total. The zero-order chi connectivity index (χ0) is 9.42. The molecule has 0 aliphatic heterocycles. The predicted molar refractivity (Wildman–Crippen MR) is 53.4 cm³/mol. The molecule has 1 saturated carbocycles. The molecule has 2 rings (SSSR count). The normalized spacial score (nSPS) is 28.5. The fraction of sp³-hybridized carbons (Fsp3) is 0.455. The average molecular weight is 177 g/mol. The molecule has 2 nitrogen and oxygen atoms in total. The van der Waals surface area contributed by atoms with E-state index >= 15 is 0 Å². The maximum absolute atomic E-state index is 9.35. The van der Waals surface area contributed by atoms with Crippen molar-refractivity contribution in [3.63, 3.8) is 0 Å². The molecule has 0 radical (unpaired) electrons. The first-order valence-corrected chi connectivity index (χ1v) is 4.72. The summed E-state index contributed by atoms with van der Waals surface area (Å²) in [6, 6.07) is 7.96. The van der Waals surface area contributed by atoms with E-state index in [1.807, 2.05) is 19.1 Å². The molecule has 1 aromatic rings. The van der Waals surface area contributed by atoms with Crippen molar-refractivity contribution in [2.45, 2.75) is 25.4 Å². The van der Waals surface area contributed by atoms with Gasteiger partial charge in [-0.2, -0.15) is 0 Å². The van der Waals surface area contributed by atoms with Crippen LogP contribution in [0.1, 0.15) is 24.8 Å². The minimum atomic E-state index is -0.178. The summed E-state index contributed by atoms with van der Waals surface area (Å²) in [6.07, 6.45) is 0.934. The summed E-state index contributed by atoms with van der Waals surface area (Å²) in [6.45, 7) is 1.86. The molecule has 0 heterocycles. The fourth-order valence-electron chi connectivity index (χ4n) is 1.87. The van der Waals surface area contributed by atoms with Crippen molar-refractivity contribution in [2.24, 2.45) is 5.92 Å². The monoisotopic (exact) mass is 177 g/mol. The Kier molecular flexibility index (Phi) is 2.00. The van der Waals surface area contributed by atoms with Crippen LogP contribution < -0.4 is 5.73 Å². The first kappa shape index (κ1) is 8.57. The van der Waals surface area contributed by atoms with Crippen LogP contribution in [-0.2, 0) is 0 Å². The number of nitrogens with two attached hydrogens (primary N) is 1. The minimum absolute atomic E-state index is 0.178. The van der Waals surface area contributed by atoms with Crippen LogP contribution in [0.15, 0.2) is 24.3 Å². The Morgan fingerprint density at radius 1 is 1.38 bits per heavy atom. The van der Waals surface area contributed by atoms with Crippen molar-refractivity contribution in [2.75, 3.05) is 5.73 Å². The molecule has 1 aliphatic carbocycles. The van der Waals surface area contributed by atoms with E-state index in [0.717, 1.165) is 12.1 Å². The number of rotatable bonds is 2. The molecule has 0 amide bonds. The second kappa shape index (κ2) is 3.04. The van der Waals surface area contributed by atoms with Gasteiger partial charge in [-0.3, -0.25) is 0 Å². The molecule has 70 valence electrons. The number of anilines is 1. The molecule has 1 aromatic carbocycles. The summed E-state index contributed by atoms with van der Waals surface area (Å²) in [7, 11) is 0. The molecule has 13 heavy (non-hydrogen) atoms. The topological polar surface area (TPSA) is 46.2 Å². The van der Waals surface area contributed by atoms with Gasteiger partial charge in [0.15, 0.2) is 0 Å². The second-order valence-electron chi connectivity index (χ2n) is 3.91. The largest absolute Gasteiger partial charge is 0.399 e. The molecule has 0 saturated heterocycles. The number of aliphatic hydroxyl groups is 1. The maximum atomic E-state index is 9.35. The maximum Gasteiger partial charge on any atom is 0.0546 e. The molecule has 0 unspecified atom stereocenters. The minimum Gasteiger partial charge on any atom is -0.399 e. The lowest BCUT2D eigenvalue weighted by atomic mass is 10.1. The number of benzene rings is 1. The zero-order valence-electron chi connectivity index (χ0n) is 7.77. The van der Waals surface area contributed by atoms with Crippen LogP contribution in [-0.4, -0.2) is 11.2 Å². The van der Waals surface area contributed by atoms with Gasteiger partial charge >= 0.3 is 0 Å². The van der Waals surface area contributed by atoms with Crippen molar-refractivity contribution in [3.05, 3.63) is 29.8 Å². The van der Waals surface area contributed by atoms with Crippen LogP contribution >= 0.6 is 0 Å². The molecule has 1 fully saturated rings. The van der Waals surface area contributed by atoms with Gasteiger partial charge in [0.05, 0.1) is 6.10 Å². The summed E-state index contributed by atoms with van der Waals surface area (Å²) < 4.78 is 0. The van der Waals surface area contributed by atoms with E-state index < -0.39 is 0 Å². The van der Waals surface area contributed by atoms with Gasteiger partial charge in [-0.1, -0.05) is 12.1 Å². The predicted octanol–water partition coefficient (Wildman–Crippen LogP) is 1.75. The van der Waals surface area contributed by atoms with Gasteiger partial charge in [-0.05, 0) is 42.9 Å². The van der Waals surface area contributed by atoms with Crippen molar-refractivity contribution < 1.29 is 5.11 Å². The highest BCUT2D eigenvalue weighted by atomic mass is 16.3. The van der Waals surface area contributed by atoms with Gasteiger partial charge in [0, 0.05) is 5.69 Å². The average Bonchev–Trinajstić information content (AvgIpc) is 2.85. The second-order valence-corrected chi connectivity index (χ2v) is 3.91. The lowest BCUT2D eigenvalue weighted by Gasteiger charge is -2.03. The van der Waals surface area contributed by atoms with Crippen LogP contribution in [0, 0.1) is 5.92 Å². The van der Waals surface area contributed by atoms with Gasteiger partial charge in [-0.25, -0.2) is 0 Å². The third-order valence-electron chi connectivity index (χ3n) is 2.82. The third kappa shape index (κ3) is 1.68. The SMILES string of the molecule is C[C@H](O)[C@@H]1C[C@H]1c1ccc(N)cc1.